The summed E-state index contributed by atoms with van der Waals surface area (Å²) in [4.78, 5) is 12.4. The van der Waals surface area contributed by atoms with E-state index in [1.54, 1.807) is 6.08 Å². The molecule has 2 atom stereocenters. The van der Waals surface area contributed by atoms with E-state index >= 15 is 0 Å². The summed E-state index contributed by atoms with van der Waals surface area (Å²) in [7, 11) is 0. The minimum Gasteiger partial charge on any atom is -0.394 e. The molecule has 4 heteroatoms. The maximum Gasteiger partial charge on any atom is 0.220 e. The summed E-state index contributed by atoms with van der Waals surface area (Å²) in [5.74, 6) is -0.0694. The molecule has 0 aliphatic carbocycles. The van der Waals surface area contributed by atoms with Gasteiger partial charge in [0.15, 0.2) is 0 Å². The normalized spacial score (nSPS) is 13.0. The third kappa shape index (κ3) is 43.8. The predicted octanol–water partition coefficient (Wildman–Crippen LogP) is 16.0. The monoisotopic (exact) mass is 774 g/mol. The second-order valence-electron chi connectivity index (χ2n) is 17.2. The van der Waals surface area contributed by atoms with Gasteiger partial charge in [-0.05, 0) is 44.9 Å². The lowest BCUT2D eigenvalue weighted by molar-refractivity contribution is -0.123. The first-order chi connectivity index (χ1) is 27.2. The van der Waals surface area contributed by atoms with E-state index in [0.717, 1.165) is 32.1 Å². The maximum absolute atomic E-state index is 12.4. The van der Waals surface area contributed by atoms with Gasteiger partial charge in [0.1, 0.15) is 0 Å². The van der Waals surface area contributed by atoms with Crippen molar-refractivity contribution in [1.82, 2.24) is 5.32 Å². The quantitative estimate of drug-likeness (QED) is 0.0426. The van der Waals surface area contributed by atoms with Crippen molar-refractivity contribution in [2.24, 2.45) is 0 Å². The third-order valence-corrected chi connectivity index (χ3v) is 11.7. The Morgan fingerprint density at radius 1 is 0.418 bits per heavy atom. The van der Waals surface area contributed by atoms with Gasteiger partial charge in [-0.1, -0.05) is 250 Å². The molecule has 55 heavy (non-hydrogen) atoms. The van der Waals surface area contributed by atoms with Gasteiger partial charge in [-0.2, -0.15) is 0 Å². The van der Waals surface area contributed by atoms with E-state index in [1.807, 2.05) is 6.08 Å². The standard InChI is InChI=1S/C51H99NO3/c1-3-5-7-9-11-13-15-17-19-21-22-23-24-25-26-27-28-29-30-31-32-34-36-38-40-42-44-46-50(54)49(48-53)52-51(55)47-45-43-41-39-37-35-33-20-18-16-14-12-10-8-6-4-2/h20,33,44,46,49-50,53-54H,3-19,21-32,34-43,45,47-48H2,1-2H3,(H,52,55)/b33-20-,46-44+. The summed E-state index contributed by atoms with van der Waals surface area (Å²) >= 11 is 0. The smallest absolute Gasteiger partial charge is 0.220 e. The van der Waals surface area contributed by atoms with Crippen LogP contribution in [0.1, 0.15) is 277 Å². The van der Waals surface area contributed by atoms with Gasteiger partial charge in [0.05, 0.1) is 18.8 Å². The second-order valence-corrected chi connectivity index (χ2v) is 17.2. The number of aliphatic hydroxyl groups is 2. The number of rotatable bonds is 46. The highest BCUT2D eigenvalue weighted by Gasteiger charge is 2.18. The average molecular weight is 774 g/mol. The number of carbonyl (C=O) groups excluding carboxylic acids is 1. The van der Waals surface area contributed by atoms with Crippen LogP contribution >= 0.6 is 0 Å². The molecule has 0 spiro atoms. The number of allylic oxidation sites excluding steroid dienone is 3. The first-order valence-corrected chi connectivity index (χ1v) is 25.1. The summed E-state index contributed by atoms with van der Waals surface area (Å²) in [6, 6.07) is -0.624. The first kappa shape index (κ1) is 53.9. The number of aliphatic hydroxyl groups excluding tert-OH is 2. The molecule has 326 valence electrons. The van der Waals surface area contributed by atoms with Crippen LogP contribution in [0.25, 0.3) is 0 Å². The van der Waals surface area contributed by atoms with E-state index in [0.29, 0.717) is 6.42 Å². The molecule has 0 aromatic rings. The van der Waals surface area contributed by atoms with Gasteiger partial charge in [-0.25, -0.2) is 0 Å². The van der Waals surface area contributed by atoms with E-state index in [1.165, 1.54) is 225 Å². The Kier molecular flexibility index (Phi) is 46.3. The highest BCUT2D eigenvalue weighted by Crippen LogP contribution is 2.17. The van der Waals surface area contributed by atoms with Gasteiger partial charge in [0.2, 0.25) is 5.91 Å². The van der Waals surface area contributed by atoms with Crippen molar-refractivity contribution < 1.29 is 15.0 Å². The highest BCUT2D eigenvalue weighted by molar-refractivity contribution is 5.76. The van der Waals surface area contributed by atoms with Crippen LogP contribution in [0.5, 0.6) is 0 Å². The van der Waals surface area contributed by atoms with E-state index in [9.17, 15) is 15.0 Å². The van der Waals surface area contributed by atoms with Crippen molar-refractivity contribution >= 4 is 5.91 Å². The lowest BCUT2D eigenvalue weighted by Crippen LogP contribution is -2.45. The van der Waals surface area contributed by atoms with E-state index < -0.39 is 12.1 Å². The Bertz CT molecular complexity index is 795. The van der Waals surface area contributed by atoms with Crippen LogP contribution in [-0.2, 0) is 4.79 Å². The van der Waals surface area contributed by atoms with Crippen LogP contribution < -0.4 is 5.32 Å². The number of carbonyl (C=O) groups is 1. The molecule has 0 aliphatic heterocycles. The Labute approximate surface area is 345 Å². The van der Waals surface area contributed by atoms with Crippen LogP contribution in [0.4, 0.5) is 0 Å². The Hall–Kier alpha value is -1.13. The molecule has 0 bridgehead atoms. The van der Waals surface area contributed by atoms with Gasteiger partial charge in [-0.3, -0.25) is 4.79 Å². The lowest BCUT2D eigenvalue weighted by atomic mass is 10.0. The topological polar surface area (TPSA) is 69.6 Å². The van der Waals surface area contributed by atoms with Gasteiger partial charge in [-0.15, -0.1) is 0 Å². The van der Waals surface area contributed by atoms with Crippen LogP contribution in [-0.4, -0.2) is 34.9 Å². The fourth-order valence-electron chi connectivity index (χ4n) is 7.82. The molecule has 0 aromatic heterocycles. The third-order valence-electron chi connectivity index (χ3n) is 11.7. The van der Waals surface area contributed by atoms with Gasteiger partial charge in [0.25, 0.3) is 0 Å². The van der Waals surface area contributed by atoms with Gasteiger partial charge >= 0.3 is 0 Å². The molecule has 0 heterocycles. The number of nitrogens with one attached hydrogen (secondary N) is 1. The zero-order valence-electron chi connectivity index (χ0n) is 37.5. The molecule has 0 saturated heterocycles. The largest absolute Gasteiger partial charge is 0.394 e. The average Bonchev–Trinajstić information content (AvgIpc) is 3.19. The molecule has 0 aromatic carbocycles. The Morgan fingerprint density at radius 2 is 0.691 bits per heavy atom. The van der Waals surface area contributed by atoms with Crippen LogP contribution in [0.2, 0.25) is 0 Å². The number of hydrogen-bond acceptors (Lipinski definition) is 3. The summed E-state index contributed by atoms with van der Waals surface area (Å²) in [5.41, 5.74) is 0. The lowest BCUT2D eigenvalue weighted by Gasteiger charge is -2.20. The zero-order chi connectivity index (χ0) is 40.0. The molecule has 4 nitrogen and oxygen atoms in total. The van der Waals surface area contributed by atoms with Gasteiger partial charge < -0.3 is 15.5 Å². The minimum atomic E-state index is -0.841. The van der Waals surface area contributed by atoms with Crippen molar-refractivity contribution in [2.75, 3.05) is 6.61 Å². The Morgan fingerprint density at radius 3 is 1.00 bits per heavy atom. The van der Waals surface area contributed by atoms with Crippen molar-refractivity contribution in [3.63, 3.8) is 0 Å². The Balaban J connectivity index is 3.49. The molecule has 0 aliphatic rings. The van der Waals surface area contributed by atoms with Crippen molar-refractivity contribution in [1.29, 1.82) is 0 Å². The minimum absolute atomic E-state index is 0.0694. The maximum atomic E-state index is 12.4. The summed E-state index contributed by atoms with van der Waals surface area (Å²) < 4.78 is 0. The molecule has 0 rings (SSSR count). The number of amides is 1. The van der Waals surface area contributed by atoms with E-state index in [4.69, 9.17) is 0 Å². The molecule has 2 unspecified atom stereocenters. The van der Waals surface area contributed by atoms with E-state index in [2.05, 4.69) is 31.3 Å². The fourth-order valence-corrected chi connectivity index (χ4v) is 7.82. The predicted molar refractivity (Wildman–Crippen MR) is 244 cm³/mol. The van der Waals surface area contributed by atoms with Crippen LogP contribution in [0, 0.1) is 0 Å². The number of unbranched alkanes of at least 4 members (excludes halogenated alkanes) is 37. The summed E-state index contributed by atoms with van der Waals surface area (Å²) in [6.07, 6.45) is 61.7. The molecule has 3 N–H and O–H groups in total. The second kappa shape index (κ2) is 47.2. The SMILES string of the molecule is CCCCCCCCC/C=C\CCCCCCCC(=O)NC(CO)C(O)/C=C/CCCCCCCCCCCCCCCCCCCCCCCCCCC. The van der Waals surface area contributed by atoms with Gasteiger partial charge in [0, 0.05) is 6.42 Å². The molecule has 0 saturated carbocycles. The highest BCUT2D eigenvalue weighted by atomic mass is 16.3. The molecule has 1 amide bonds. The molecular weight excluding hydrogens is 675 g/mol. The number of hydrogen-bond donors (Lipinski definition) is 3. The molecular formula is C51H99NO3. The zero-order valence-corrected chi connectivity index (χ0v) is 37.5. The summed E-state index contributed by atoms with van der Waals surface area (Å²) in [6.45, 7) is 4.32. The van der Waals surface area contributed by atoms with Crippen LogP contribution in [0.3, 0.4) is 0 Å². The van der Waals surface area contributed by atoms with E-state index in [-0.39, 0.29) is 12.5 Å². The fraction of sp³-hybridized carbons (Fsp3) is 0.902. The first-order valence-electron chi connectivity index (χ1n) is 25.1. The van der Waals surface area contributed by atoms with Crippen molar-refractivity contribution in [2.45, 2.75) is 289 Å². The van der Waals surface area contributed by atoms with Crippen LogP contribution in [0.15, 0.2) is 24.3 Å². The summed E-state index contributed by atoms with van der Waals surface area (Å²) in [5, 5.41) is 23.1. The molecule has 0 radical (unpaired) electrons. The van der Waals surface area contributed by atoms with Crippen molar-refractivity contribution in [3.05, 3.63) is 24.3 Å². The van der Waals surface area contributed by atoms with Crippen molar-refractivity contribution in [3.8, 4) is 0 Å². The molecule has 0 fully saturated rings.